The summed E-state index contributed by atoms with van der Waals surface area (Å²) in [4.78, 5) is 0. The van der Waals surface area contributed by atoms with Gasteiger partial charge in [0, 0.05) is 44.2 Å². The number of hydrogen-bond donors (Lipinski definition) is 0. The van der Waals surface area contributed by atoms with Gasteiger partial charge in [0.1, 0.15) is 5.82 Å². The average Bonchev–Trinajstić information content (AvgIpc) is 3.75. The third-order valence-corrected chi connectivity index (χ3v) is 11.1. The summed E-state index contributed by atoms with van der Waals surface area (Å²) in [6.45, 7) is 2.78. The van der Waals surface area contributed by atoms with Gasteiger partial charge in [0.2, 0.25) is 0 Å². The number of methoxy groups -OCH3 is 1. The molecule has 0 bridgehead atoms. The van der Waals surface area contributed by atoms with Crippen molar-refractivity contribution in [2.24, 2.45) is 13.0 Å². The van der Waals surface area contributed by atoms with Crippen molar-refractivity contribution in [2.75, 3.05) is 20.2 Å². The Morgan fingerprint density at radius 1 is 1.05 bits per heavy atom. The minimum atomic E-state index is -3.79. The zero-order valence-electron chi connectivity index (χ0n) is 23.7. The predicted molar refractivity (Wildman–Crippen MR) is 157 cm³/mol. The summed E-state index contributed by atoms with van der Waals surface area (Å²) in [5, 5.41) is 9.86. The van der Waals surface area contributed by atoms with Crippen LogP contribution in [0, 0.1) is 18.7 Å². The molecule has 3 heterocycles. The van der Waals surface area contributed by atoms with E-state index in [1.54, 1.807) is 42.9 Å². The molecular formula is C32H32FN5O3S. The molecule has 1 aliphatic heterocycles. The molecule has 216 valence electrons. The van der Waals surface area contributed by atoms with Crippen LogP contribution in [0.15, 0.2) is 90.2 Å². The SMILES string of the molecule is COC1(c2ccccc2)CC2CN(S(=O)(=O)c3ccn(C)n3)CC2(c2cc3cnn(-c4ccc(F)cc4)c3cc2C)C1. The third-order valence-electron chi connectivity index (χ3n) is 9.35. The Morgan fingerprint density at radius 3 is 2.50 bits per heavy atom. The van der Waals surface area contributed by atoms with Gasteiger partial charge < -0.3 is 4.74 Å². The summed E-state index contributed by atoms with van der Waals surface area (Å²) < 4.78 is 52.5. The summed E-state index contributed by atoms with van der Waals surface area (Å²) >= 11 is 0. The lowest BCUT2D eigenvalue weighted by molar-refractivity contribution is -0.0183. The minimum absolute atomic E-state index is 0.0134. The Morgan fingerprint density at radius 2 is 1.81 bits per heavy atom. The van der Waals surface area contributed by atoms with Crippen LogP contribution in [-0.2, 0) is 32.8 Å². The maximum Gasteiger partial charge on any atom is 0.262 e. The van der Waals surface area contributed by atoms with Gasteiger partial charge in [-0.05, 0) is 84.8 Å². The number of ether oxygens (including phenoxy) is 1. The van der Waals surface area contributed by atoms with Gasteiger partial charge in [-0.3, -0.25) is 4.68 Å². The summed E-state index contributed by atoms with van der Waals surface area (Å²) in [7, 11) is -0.316. The lowest BCUT2D eigenvalue weighted by Gasteiger charge is -2.35. The number of benzene rings is 3. The number of aryl methyl sites for hydroxylation is 2. The maximum absolute atomic E-state index is 13.8. The molecule has 10 heteroatoms. The molecule has 2 aromatic heterocycles. The van der Waals surface area contributed by atoms with E-state index >= 15 is 0 Å². The molecule has 1 aliphatic carbocycles. The first-order valence-corrected chi connectivity index (χ1v) is 15.4. The van der Waals surface area contributed by atoms with Crippen LogP contribution >= 0.6 is 0 Å². The van der Waals surface area contributed by atoms with Gasteiger partial charge in [-0.15, -0.1) is 0 Å². The average molecular weight is 586 g/mol. The fourth-order valence-corrected chi connectivity index (χ4v) is 8.86. The standard InChI is InChI=1S/C32H32FN5O3S/c1-22-15-29-23(18-34-38(29)27-11-9-26(33)10-12-27)16-28(22)31-20-32(41-3,24-7-5-4-6-8-24)17-25(31)19-37(21-31)42(39,40)30-13-14-36(2)35-30/h4-16,18,25H,17,19-21H2,1-3H3. The first-order valence-electron chi connectivity index (χ1n) is 14.0. The Balaban J connectivity index is 1.36. The molecule has 8 nitrogen and oxygen atoms in total. The highest BCUT2D eigenvalue weighted by Crippen LogP contribution is 2.60. The van der Waals surface area contributed by atoms with Crippen molar-refractivity contribution in [2.45, 2.75) is 35.8 Å². The summed E-state index contributed by atoms with van der Waals surface area (Å²) in [6.07, 6.45) is 4.80. The zero-order valence-corrected chi connectivity index (χ0v) is 24.6. The van der Waals surface area contributed by atoms with Crippen LogP contribution in [0.5, 0.6) is 0 Å². The first-order chi connectivity index (χ1) is 20.1. The molecule has 7 rings (SSSR count). The van der Waals surface area contributed by atoms with Crippen LogP contribution < -0.4 is 0 Å². The van der Waals surface area contributed by atoms with Gasteiger partial charge in [0.15, 0.2) is 5.03 Å². The van der Waals surface area contributed by atoms with E-state index in [4.69, 9.17) is 4.74 Å². The van der Waals surface area contributed by atoms with Crippen LogP contribution in [0.1, 0.15) is 29.5 Å². The van der Waals surface area contributed by atoms with Crippen molar-refractivity contribution in [3.63, 3.8) is 0 Å². The molecule has 3 unspecified atom stereocenters. The Labute approximate surface area is 244 Å². The number of aromatic nitrogens is 4. The molecule has 1 saturated carbocycles. The van der Waals surface area contributed by atoms with Gasteiger partial charge in [-0.2, -0.15) is 14.5 Å². The molecule has 2 fully saturated rings. The Kier molecular flexibility index (Phi) is 6.16. The lowest BCUT2D eigenvalue weighted by atomic mass is 9.72. The van der Waals surface area contributed by atoms with E-state index in [2.05, 4.69) is 41.4 Å². The van der Waals surface area contributed by atoms with Crippen molar-refractivity contribution in [3.05, 3.63) is 108 Å². The first kappa shape index (κ1) is 27.0. The smallest absolute Gasteiger partial charge is 0.262 e. The van der Waals surface area contributed by atoms with Crippen molar-refractivity contribution in [1.29, 1.82) is 0 Å². The summed E-state index contributed by atoms with van der Waals surface area (Å²) in [5.41, 5.74) is 3.89. The Hall–Kier alpha value is -3.86. The lowest BCUT2D eigenvalue weighted by Crippen LogP contribution is -2.38. The molecule has 0 N–H and O–H groups in total. The summed E-state index contributed by atoms with van der Waals surface area (Å²) in [5.74, 6) is -0.286. The molecule has 3 atom stereocenters. The maximum atomic E-state index is 13.8. The van der Waals surface area contributed by atoms with E-state index < -0.39 is 21.0 Å². The van der Waals surface area contributed by atoms with Crippen LogP contribution in [0.25, 0.3) is 16.6 Å². The molecule has 2 aliphatic rings. The molecule has 3 aromatic carbocycles. The molecule has 0 radical (unpaired) electrons. The van der Waals surface area contributed by atoms with E-state index in [1.165, 1.54) is 16.8 Å². The van der Waals surface area contributed by atoms with Crippen molar-refractivity contribution in [3.8, 4) is 5.69 Å². The second-order valence-corrected chi connectivity index (χ2v) is 13.6. The van der Waals surface area contributed by atoms with Crippen LogP contribution in [0.2, 0.25) is 0 Å². The van der Waals surface area contributed by atoms with E-state index in [0.29, 0.717) is 25.9 Å². The van der Waals surface area contributed by atoms with Gasteiger partial charge in [-0.25, -0.2) is 17.5 Å². The zero-order chi connectivity index (χ0) is 29.3. The number of sulfonamides is 1. The van der Waals surface area contributed by atoms with E-state index in [0.717, 1.165) is 33.3 Å². The van der Waals surface area contributed by atoms with Gasteiger partial charge >= 0.3 is 0 Å². The fourth-order valence-electron chi connectivity index (χ4n) is 7.35. The number of hydrogen-bond acceptors (Lipinski definition) is 5. The van der Waals surface area contributed by atoms with Crippen molar-refractivity contribution in [1.82, 2.24) is 23.9 Å². The normalized spacial score (nSPS) is 24.4. The van der Waals surface area contributed by atoms with Crippen LogP contribution in [0.4, 0.5) is 4.39 Å². The molecule has 0 amide bonds. The van der Waals surface area contributed by atoms with Crippen molar-refractivity contribution < 1.29 is 17.5 Å². The van der Waals surface area contributed by atoms with E-state index in [1.807, 2.05) is 29.1 Å². The highest BCUT2D eigenvalue weighted by molar-refractivity contribution is 7.89. The van der Waals surface area contributed by atoms with E-state index in [-0.39, 0.29) is 16.8 Å². The van der Waals surface area contributed by atoms with Gasteiger partial charge in [0.05, 0.1) is 23.0 Å². The molecule has 1 saturated heterocycles. The van der Waals surface area contributed by atoms with Crippen molar-refractivity contribution >= 4 is 20.9 Å². The van der Waals surface area contributed by atoms with E-state index in [9.17, 15) is 12.8 Å². The highest BCUT2D eigenvalue weighted by Gasteiger charge is 2.62. The number of nitrogens with zero attached hydrogens (tertiary/aromatic N) is 5. The fraction of sp³-hybridized carbons (Fsp3) is 0.312. The molecule has 42 heavy (non-hydrogen) atoms. The third kappa shape index (κ3) is 4.04. The molecule has 0 spiro atoms. The number of rotatable bonds is 6. The van der Waals surface area contributed by atoms with Gasteiger partial charge in [0.25, 0.3) is 10.0 Å². The largest absolute Gasteiger partial charge is 0.373 e. The summed E-state index contributed by atoms with van der Waals surface area (Å²) in [6, 6.07) is 22.3. The minimum Gasteiger partial charge on any atom is -0.373 e. The molecule has 5 aromatic rings. The second-order valence-electron chi connectivity index (χ2n) is 11.7. The van der Waals surface area contributed by atoms with Crippen LogP contribution in [-0.4, -0.2) is 52.5 Å². The number of fused-ring (bicyclic) bond motifs is 2. The highest BCUT2D eigenvalue weighted by atomic mass is 32.2. The molecular weight excluding hydrogens is 553 g/mol. The van der Waals surface area contributed by atoms with Gasteiger partial charge in [-0.1, -0.05) is 30.3 Å². The monoisotopic (exact) mass is 585 g/mol. The number of halogens is 1. The predicted octanol–water partition coefficient (Wildman–Crippen LogP) is 5.10. The quantitative estimate of drug-likeness (QED) is 0.277. The second kappa shape index (κ2) is 9.58. The van der Waals surface area contributed by atoms with Crippen LogP contribution in [0.3, 0.4) is 0 Å². The Bertz CT molecular complexity index is 1900. The topological polar surface area (TPSA) is 82.2 Å².